The molecule has 198 valence electrons. The number of fused-ring (bicyclic) bond motifs is 1. The number of hydrogen-bond donors (Lipinski definition) is 4. The number of carbonyl (C=O) groups is 1. The molecule has 0 heterocycles. The third-order valence-electron chi connectivity index (χ3n) is 5.38. The molecule has 0 spiro atoms. The fourth-order valence-electron chi connectivity index (χ4n) is 3.65. The number of aromatic hydroxyl groups is 1. The number of nitrogens with two attached hydrogens (primary N) is 1. The van der Waals surface area contributed by atoms with Crippen molar-refractivity contribution in [3.8, 4) is 11.5 Å². The normalized spacial score (nSPS) is 11.8. The molecular formula is C24H21N4NaO8S2. The molecule has 0 saturated carbocycles. The van der Waals surface area contributed by atoms with Gasteiger partial charge in [0, 0.05) is 10.9 Å². The fourth-order valence-corrected chi connectivity index (χ4v) is 4.89. The predicted molar refractivity (Wildman–Crippen MR) is 146 cm³/mol. The second kappa shape index (κ2) is 11.8. The number of rotatable bonds is 7. The summed E-state index contributed by atoms with van der Waals surface area (Å²) in [5, 5.41) is 26.1. The monoisotopic (exact) mass is 580 g/mol. The molecule has 15 heteroatoms. The van der Waals surface area contributed by atoms with Gasteiger partial charge in [-0.1, -0.05) is 18.2 Å². The first kappa shape index (κ1) is 30.2. The molecule has 12 nitrogen and oxygen atoms in total. The number of carbonyl (C=O) groups excluding carboxylic acids is 1. The van der Waals surface area contributed by atoms with E-state index in [-0.39, 0.29) is 68.0 Å². The minimum absolute atomic E-state index is 0. The van der Waals surface area contributed by atoms with Crippen molar-refractivity contribution in [3.63, 3.8) is 0 Å². The van der Waals surface area contributed by atoms with Crippen LogP contribution in [-0.4, -0.2) is 69.1 Å². The molecule has 0 aliphatic heterocycles. The first-order valence-electron chi connectivity index (χ1n) is 10.7. The van der Waals surface area contributed by atoms with Gasteiger partial charge in [-0.2, -0.15) is 8.42 Å². The summed E-state index contributed by atoms with van der Waals surface area (Å²) in [7, 11) is -7.60. The Kier molecular flexibility index (Phi) is 9.12. The van der Waals surface area contributed by atoms with Gasteiger partial charge in [0.25, 0.3) is 16.0 Å². The third kappa shape index (κ3) is 6.62. The number of amides is 1. The number of nitrogens with zero attached hydrogens (tertiary/aromatic N) is 2. The molecule has 0 bridgehead atoms. The van der Waals surface area contributed by atoms with E-state index in [1.165, 1.54) is 37.4 Å². The number of hydrogen-bond acceptors (Lipinski definition) is 9. The Morgan fingerprint density at radius 3 is 2.18 bits per heavy atom. The quantitative estimate of drug-likeness (QED) is 0.145. The molecule has 4 aromatic carbocycles. The molecular weight excluding hydrogens is 559 g/mol. The summed E-state index contributed by atoms with van der Waals surface area (Å²) in [6, 6.07) is 16.5. The molecule has 0 aromatic heterocycles. The van der Waals surface area contributed by atoms with E-state index in [2.05, 4.69) is 15.5 Å². The summed E-state index contributed by atoms with van der Waals surface area (Å²) in [6.45, 7) is 0. The SMILES string of the molecule is COc1ccc(S(N)(=O)=O)cc1N=Nc1ccc(O)c2c(NC(=O)c3ccccc3)ccc(S(=O)(=O)O)c12.[NaH]. The number of phenolic OH excluding ortho intramolecular Hbond substituents is 1. The number of primary sulfonamides is 1. The van der Waals surface area contributed by atoms with E-state index in [4.69, 9.17) is 9.88 Å². The van der Waals surface area contributed by atoms with E-state index in [9.17, 15) is 31.3 Å². The second-order valence-electron chi connectivity index (χ2n) is 7.84. The number of azo groups is 1. The van der Waals surface area contributed by atoms with Crippen LogP contribution in [0.3, 0.4) is 0 Å². The molecule has 0 saturated heterocycles. The van der Waals surface area contributed by atoms with Gasteiger partial charge in [0.15, 0.2) is 0 Å². The summed E-state index contributed by atoms with van der Waals surface area (Å²) >= 11 is 0. The van der Waals surface area contributed by atoms with Gasteiger partial charge < -0.3 is 15.2 Å². The van der Waals surface area contributed by atoms with Crippen LogP contribution in [-0.2, 0) is 20.1 Å². The number of phenols is 1. The van der Waals surface area contributed by atoms with Crippen LogP contribution in [0.5, 0.6) is 11.5 Å². The molecule has 1 amide bonds. The molecule has 0 aliphatic rings. The van der Waals surface area contributed by atoms with E-state index in [1.807, 2.05) is 0 Å². The molecule has 0 unspecified atom stereocenters. The van der Waals surface area contributed by atoms with Gasteiger partial charge in [-0.15, -0.1) is 10.2 Å². The topological polar surface area (TPSA) is 198 Å². The van der Waals surface area contributed by atoms with Gasteiger partial charge in [0.2, 0.25) is 10.0 Å². The van der Waals surface area contributed by atoms with Crippen molar-refractivity contribution >= 4 is 83.4 Å². The van der Waals surface area contributed by atoms with E-state index in [1.54, 1.807) is 30.3 Å². The zero-order valence-corrected chi connectivity index (χ0v) is 21.2. The molecule has 0 fully saturated rings. The van der Waals surface area contributed by atoms with Crippen LogP contribution >= 0.6 is 0 Å². The Labute approximate surface area is 245 Å². The van der Waals surface area contributed by atoms with Crippen molar-refractivity contribution in [2.24, 2.45) is 15.4 Å². The molecule has 4 rings (SSSR count). The Morgan fingerprint density at radius 2 is 1.56 bits per heavy atom. The average Bonchev–Trinajstić information content (AvgIpc) is 2.87. The third-order valence-corrected chi connectivity index (χ3v) is 7.19. The summed E-state index contributed by atoms with van der Waals surface area (Å²) in [5.74, 6) is -0.820. The van der Waals surface area contributed by atoms with Crippen molar-refractivity contribution < 1.29 is 36.0 Å². The van der Waals surface area contributed by atoms with E-state index in [0.29, 0.717) is 5.56 Å². The van der Waals surface area contributed by atoms with Gasteiger partial charge in [0.1, 0.15) is 22.1 Å². The Morgan fingerprint density at radius 1 is 0.897 bits per heavy atom. The number of anilines is 1. The zero-order valence-electron chi connectivity index (χ0n) is 19.6. The van der Waals surface area contributed by atoms with E-state index >= 15 is 0 Å². The summed E-state index contributed by atoms with van der Waals surface area (Å²) in [6.07, 6.45) is 0. The maximum absolute atomic E-state index is 12.8. The van der Waals surface area contributed by atoms with Crippen molar-refractivity contribution in [1.82, 2.24) is 0 Å². The number of benzene rings is 4. The Balaban J connectivity index is 0.00000420. The molecule has 5 N–H and O–H groups in total. The second-order valence-corrected chi connectivity index (χ2v) is 10.8. The van der Waals surface area contributed by atoms with Crippen LogP contribution < -0.4 is 15.2 Å². The summed E-state index contributed by atoms with van der Waals surface area (Å²) < 4.78 is 63.0. The Hall–Kier alpha value is -3.37. The maximum atomic E-state index is 12.8. The van der Waals surface area contributed by atoms with Gasteiger partial charge in [-0.3, -0.25) is 9.35 Å². The van der Waals surface area contributed by atoms with Crippen LogP contribution in [0.15, 0.2) is 92.8 Å². The standard InChI is InChI=1S/C24H20N4O8S2.Na.H/c1-36-20-11-7-15(37(25,31)32)13-18(20)28-27-17-8-10-19(29)22-16(9-12-21(23(17)22)38(33,34)35)26-24(30)14-5-3-2-4-6-14;;/h2-13,29H,1H3,(H,26,30)(H2,25,31,32)(H,33,34,35);;. The number of ether oxygens (including phenoxy) is 1. The van der Waals surface area contributed by atoms with Gasteiger partial charge in [-0.05, 0) is 54.6 Å². The number of nitrogens with one attached hydrogen (secondary N) is 1. The fraction of sp³-hybridized carbons (Fsp3) is 0.0417. The van der Waals surface area contributed by atoms with Crippen LogP contribution in [0.25, 0.3) is 10.8 Å². The van der Waals surface area contributed by atoms with Crippen LogP contribution in [0.2, 0.25) is 0 Å². The van der Waals surface area contributed by atoms with Gasteiger partial charge in [-0.25, -0.2) is 13.6 Å². The van der Waals surface area contributed by atoms with E-state index < -0.39 is 36.7 Å². The zero-order chi connectivity index (χ0) is 27.7. The van der Waals surface area contributed by atoms with Crippen LogP contribution in [0.4, 0.5) is 17.1 Å². The van der Waals surface area contributed by atoms with Crippen molar-refractivity contribution in [2.45, 2.75) is 9.79 Å². The molecule has 4 aromatic rings. The van der Waals surface area contributed by atoms with E-state index in [0.717, 1.165) is 12.1 Å². The van der Waals surface area contributed by atoms with Crippen molar-refractivity contribution in [3.05, 3.63) is 78.4 Å². The van der Waals surface area contributed by atoms with Crippen LogP contribution in [0, 0.1) is 0 Å². The van der Waals surface area contributed by atoms with Crippen molar-refractivity contribution in [1.29, 1.82) is 0 Å². The summed E-state index contributed by atoms with van der Waals surface area (Å²) in [4.78, 5) is 11.9. The minimum atomic E-state index is -4.83. The molecule has 0 radical (unpaired) electrons. The van der Waals surface area contributed by atoms with Gasteiger partial charge >= 0.3 is 29.6 Å². The number of methoxy groups -OCH3 is 1. The Bertz CT molecular complexity index is 1810. The van der Waals surface area contributed by atoms with Crippen LogP contribution in [0.1, 0.15) is 10.4 Å². The molecule has 0 aliphatic carbocycles. The molecule has 39 heavy (non-hydrogen) atoms. The summed E-state index contributed by atoms with van der Waals surface area (Å²) in [5.41, 5.74) is 0.146. The molecule has 0 atom stereocenters. The first-order valence-corrected chi connectivity index (χ1v) is 13.6. The van der Waals surface area contributed by atoms with Gasteiger partial charge in [0.05, 0.1) is 28.8 Å². The van der Waals surface area contributed by atoms with Crippen molar-refractivity contribution in [2.75, 3.05) is 12.4 Å². The first-order chi connectivity index (χ1) is 17.9. The average molecular weight is 581 g/mol. The predicted octanol–water partition coefficient (Wildman–Crippen LogP) is 3.47. The number of sulfonamides is 1.